The van der Waals surface area contributed by atoms with Crippen molar-refractivity contribution in [1.29, 1.82) is 0 Å². The Morgan fingerprint density at radius 3 is 2.72 bits per heavy atom. The van der Waals surface area contributed by atoms with Crippen molar-refractivity contribution in [3.05, 3.63) is 35.9 Å². The highest BCUT2D eigenvalue weighted by molar-refractivity contribution is 5.84. The number of hydrogen-bond donors (Lipinski definition) is 3. The van der Waals surface area contributed by atoms with Gasteiger partial charge in [0.1, 0.15) is 6.04 Å². The van der Waals surface area contributed by atoms with Crippen LogP contribution >= 0.6 is 0 Å². The van der Waals surface area contributed by atoms with Crippen LogP contribution in [-0.4, -0.2) is 47.1 Å². The number of carboxylic acid groups (broad SMARTS) is 1. The highest BCUT2D eigenvalue weighted by Crippen LogP contribution is 2.59. The van der Waals surface area contributed by atoms with Gasteiger partial charge in [-0.15, -0.1) is 0 Å². The van der Waals surface area contributed by atoms with Gasteiger partial charge in [-0.05, 0) is 49.1 Å². The number of benzene rings is 1. The van der Waals surface area contributed by atoms with E-state index in [1.807, 2.05) is 18.2 Å². The van der Waals surface area contributed by atoms with E-state index < -0.39 is 12.0 Å². The average molecular weight is 345 g/mol. The van der Waals surface area contributed by atoms with Crippen LogP contribution in [-0.2, 0) is 16.0 Å². The lowest BCUT2D eigenvalue weighted by atomic mass is 9.87. The zero-order valence-electron chi connectivity index (χ0n) is 14.4. The third-order valence-corrected chi connectivity index (χ3v) is 5.83. The summed E-state index contributed by atoms with van der Waals surface area (Å²) in [6.07, 6.45) is 3.29. The van der Waals surface area contributed by atoms with Gasteiger partial charge < -0.3 is 21.5 Å². The molecule has 1 saturated carbocycles. The van der Waals surface area contributed by atoms with E-state index >= 15 is 0 Å². The summed E-state index contributed by atoms with van der Waals surface area (Å²) in [7, 11) is 0. The molecule has 1 amide bonds. The normalized spacial score (nSPS) is 28.0. The van der Waals surface area contributed by atoms with E-state index in [-0.39, 0.29) is 30.3 Å². The number of amides is 1. The molecule has 1 heterocycles. The number of piperidine rings is 1. The lowest BCUT2D eigenvalue weighted by molar-refractivity contribution is -0.153. The second-order valence-corrected chi connectivity index (χ2v) is 7.48. The molecule has 136 valence electrons. The monoisotopic (exact) mass is 345 g/mol. The average Bonchev–Trinajstić information content (AvgIpc) is 3.30. The minimum Gasteiger partial charge on any atom is -0.480 e. The van der Waals surface area contributed by atoms with Gasteiger partial charge in [0.2, 0.25) is 5.91 Å². The highest BCUT2D eigenvalue weighted by atomic mass is 16.4. The molecule has 3 rings (SSSR count). The predicted octanol–water partition coefficient (Wildman–Crippen LogP) is 0.987. The van der Waals surface area contributed by atoms with Crippen molar-refractivity contribution in [2.75, 3.05) is 13.1 Å². The number of rotatable bonds is 7. The maximum Gasteiger partial charge on any atom is 0.326 e. The summed E-state index contributed by atoms with van der Waals surface area (Å²) in [5.74, 6) is -0.703. The van der Waals surface area contributed by atoms with E-state index in [2.05, 4.69) is 12.1 Å². The molecule has 1 spiro atoms. The van der Waals surface area contributed by atoms with Crippen molar-refractivity contribution in [1.82, 2.24) is 4.90 Å². The molecule has 1 aromatic carbocycles. The Balaban J connectivity index is 1.67. The second-order valence-electron chi connectivity index (χ2n) is 7.48. The van der Waals surface area contributed by atoms with Crippen molar-refractivity contribution >= 4 is 11.9 Å². The van der Waals surface area contributed by atoms with E-state index in [1.54, 1.807) is 0 Å². The molecule has 1 aromatic rings. The summed E-state index contributed by atoms with van der Waals surface area (Å²) >= 11 is 0. The number of hydrogen-bond acceptors (Lipinski definition) is 4. The van der Waals surface area contributed by atoms with Gasteiger partial charge in [0.25, 0.3) is 0 Å². The molecule has 1 aliphatic carbocycles. The third kappa shape index (κ3) is 3.70. The summed E-state index contributed by atoms with van der Waals surface area (Å²) in [4.78, 5) is 25.4. The van der Waals surface area contributed by atoms with Crippen LogP contribution in [0, 0.1) is 11.3 Å². The largest absolute Gasteiger partial charge is 0.480 e. The van der Waals surface area contributed by atoms with Gasteiger partial charge >= 0.3 is 5.97 Å². The van der Waals surface area contributed by atoms with Crippen LogP contribution in [0.15, 0.2) is 30.3 Å². The molecule has 0 bridgehead atoms. The van der Waals surface area contributed by atoms with Gasteiger partial charge in [0.05, 0.1) is 0 Å². The van der Waals surface area contributed by atoms with Crippen LogP contribution in [0.1, 0.15) is 31.2 Å². The smallest absolute Gasteiger partial charge is 0.326 e. The molecule has 1 unspecified atom stereocenters. The SMILES string of the molecule is NCC[C@@H](C(=O)O)N1C[C@@]2(CCC1=O)CC2[C@@H](N)Cc1ccccc1. The summed E-state index contributed by atoms with van der Waals surface area (Å²) < 4.78 is 0. The molecule has 25 heavy (non-hydrogen) atoms. The van der Waals surface area contributed by atoms with Crippen LogP contribution < -0.4 is 11.5 Å². The Morgan fingerprint density at radius 1 is 1.36 bits per heavy atom. The number of aliphatic carboxylic acids is 1. The number of carboxylic acids is 1. The molecule has 6 heteroatoms. The number of likely N-dealkylation sites (tertiary alicyclic amines) is 1. The first-order valence-electron chi connectivity index (χ1n) is 8.99. The van der Waals surface area contributed by atoms with Crippen LogP contribution in [0.4, 0.5) is 0 Å². The first-order valence-corrected chi connectivity index (χ1v) is 8.99. The zero-order valence-corrected chi connectivity index (χ0v) is 14.4. The Hall–Kier alpha value is -1.92. The molecule has 6 nitrogen and oxygen atoms in total. The molecule has 0 radical (unpaired) electrons. The summed E-state index contributed by atoms with van der Waals surface area (Å²) in [5, 5.41) is 9.46. The number of carbonyl (C=O) groups is 2. The fraction of sp³-hybridized carbons (Fsp3) is 0.579. The van der Waals surface area contributed by atoms with Crippen LogP contribution in [0.2, 0.25) is 0 Å². The molecule has 4 atom stereocenters. The highest BCUT2D eigenvalue weighted by Gasteiger charge is 2.59. The quantitative estimate of drug-likeness (QED) is 0.682. The molecule has 5 N–H and O–H groups in total. The summed E-state index contributed by atoms with van der Waals surface area (Å²) in [5.41, 5.74) is 13.2. The molecule has 2 fully saturated rings. The van der Waals surface area contributed by atoms with E-state index in [0.717, 1.165) is 19.3 Å². The lowest BCUT2D eigenvalue weighted by Gasteiger charge is -2.38. The van der Waals surface area contributed by atoms with Crippen molar-refractivity contribution in [2.45, 2.75) is 44.2 Å². The Kier molecular flexibility index (Phi) is 5.11. The van der Waals surface area contributed by atoms with Gasteiger partial charge in [-0.1, -0.05) is 30.3 Å². The standard InChI is InChI=1S/C19H27N3O3/c20-9-7-16(18(24)25)22-12-19(8-6-17(22)23)11-14(19)15(21)10-13-4-2-1-3-5-13/h1-5,14-16H,6-12,20-21H2,(H,24,25)/t14?,15-,16-,19+/m0/s1. The fourth-order valence-electron chi connectivity index (χ4n) is 4.34. The van der Waals surface area contributed by atoms with Crippen LogP contribution in [0.25, 0.3) is 0 Å². The van der Waals surface area contributed by atoms with Crippen LogP contribution in [0.5, 0.6) is 0 Å². The Labute approximate surface area is 148 Å². The second kappa shape index (κ2) is 7.14. The van der Waals surface area contributed by atoms with E-state index in [4.69, 9.17) is 11.5 Å². The third-order valence-electron chi connectivity index (χ3n) is 5.83. The molecule has 0 aromatic heterocycles. The minimum atomic E-state index is -0.971. The van der Waals surface area contributed by atoms with Crippen LogP contribution in [0.3, 0.4) is 0 Å². The first kappa shape index (κ1) is 17.9. The minimum absolute atomic E-state index is 0.00952. The van der Waals surface area contributed by atoms with Gasteiger partial charge in [-0.2, -0.15) is 0 Å². The first-order chi connectivity index (χ1) is 12.0. The molecular formula is C19H27N3O3. The van der Waals surface area contributed by atoms with Gasteiger partial charge in [0, 0.05) is 19.0 Å². The molecule has 2 aliphatic rings. The predicted molar refractivity (Wildman–Crippen MR) is 94.7 cm³/mol. The summed E-state index contributed by atoms with van der Waals surface area (Å²) in [6, 6.07) is 9.38. The Morgan fingerprint density at radius 2 is 2.08 bits per heavy atom. The van der Waals surface area contributed by atoms with Gasteiger partial charge in [-0.25, -0.2) is 4.79 Å². The van der Waals surface area contributed by atoms with E-state index in [1.165, 1.54) is 10.5 Å². The maximum atomic E-state index is 12.3. The number of carbonyl (C=O) groups excluding carboxylic acids is 1. The maximum absolute atomic E-state index is 12.3. The van der Waals surface area contributed by atoms with Gasteiger partial charge in [-0.3, -0.25) is 4.79 Å². The lowest BCUT2D eigenvalue weighted by Crippen LogP contribution is -2.52. The molecule has 1 saturated heterocycles. The van der Waals surface area contributed by atoms with Crippen molar-refractivity contribution < 1.29 is 14.7 Å². The van der Waals surface area contributed by atoms with Crippen molar-refractivity contribution in [3.8, 4) is 0 Å². The summed E-state index contributed by atoms with van der Waals surface area (Å²) in [6.45, 7) is 0.751. The fourth-order valence-corrected chi connectivity index (χ4v) is 4.34. The number of nitrogens with zero attached hydrogens (tertiary/aromatic N) is 1. The molecular weight excluding hydrogens is 318 g/mol. The van der Waals surface area contributed by atoms with E-state index in [0.29, 0.717) is 18.9 Å². The van der Waals surface area contributed by atoms with Gasteiger partial charge in [0.15, 0.2) is 0 Å². The van der Waals surface area contributed by atoms with E-state index in [9.17, 15) is 14.7 Å². The number of nitrogens with two attached hydrogens (primary N) is 2. The van der Waals surface area contributed by atoms with Crippen molar-refractivity contribution in [3.63, 3.8) is 0 Å². The van der Waals surface area contributed by atoms with Crippen molar-refractivity contribution in [2.24, 2.45) is 22.8 Å². The topological polar surface area (TPSA) is 110 Å². The Bertz CT molecular complexity index is 636. The molecule has 1 aliphatic heterocycles. The zero-order chi connectivity index (χ0) is 18.0.